The molecule has 2 aromatic carbocycles. The minimum atomic E-state index is -0.259. The second-order valence-corrected chi connectivity index (χ2v) is 6.36. The van der Waals surface area contributed by atoms with Crippen molar-refractivity contribution < 1.29 is 4.79 Å². The van der Waals surface area contributed by atoms with Crippen LogP contribution in [0.1, 0.15) is 10.4 Å². The molecule has 3 rings (SSSR count). The van der Waals surface area contributed by atoms with Crippen LogP contribution in [0.4, 0.5) is 0 Å². The zero-order chi connectivity index (χ0) is 16.9. The molecule has 3 aromatic rings. The standard InChI is InChI=1S/C18H13ClN2O2S/c19-14-6-8-15(9-7-14)21-11-10-20-17(18(21)23)24-12-16(22)13-4-2-1-3-5-13/h1-11H,12H2. The second-order valence-electron chi connectivity index (χ2n) is 4.96. The Morgan fingerprint density at radius 2 is 1.79 bits per heavy atom. The lowest BCUT2D eigenvalue weighted by molar-refractivity contribution is 0.102. The van der Waals surface area contributed by atoms with E-state index in [9.17, 15) is 9.59 Å². The Labute approximate surface area is 148 Å². The van der Waals surface area contributed by atoms with Crippen molar-refractivity contribution in [3.05, 3.63) is 87.9 Å². The van der Waals surface area contributed by atoms with Crippen molar-refractivity contribution in [2.75, 3.05) is 5.75 Å². The molecule has 0 aliphatic carbocycles. The monoisotopic (exact) mass is 356 g/mol. The molecule has 1 aromatic heterocycles. The fourth-order valence-corrected chi connectivity index (χ4v) is 3.06. The van der Waals surface area contributed by atoms with E-state index in [4.69, 9.17) is 11.6 Å². The zero-order valence-electron chi connectivity index (χ0n) is 12.6. The maximum atomic E-state index is 12.5. The van der Waals surface area contributed by atoms with E-state index in [1.54, 1.807) is 48.8 Å². The van der Waals surface area contributed by atoms with Gasteiger partial charge >= 0.3 is 0 Å². The Bertz CT molecular complexity index is 908. The summed E-state index contributed by atoms with van der Waals surface area (Å²) in [7, 11) is 0. The van der Waals surface area contributed by atoms with E-state index >= 15 is 0 Å². The molecule has 0 saturated heterocycles. The summed E-state index contributed by atoms with van der Waals surface area (Å²) in [6.45, 7) is 0. The lowest BCUT2D eigenvalue weighted by Gasteiger charge is -2.07. The van der Waals surface area contributed by atoms with E-state index in [0.29, 0.717) is 16.3 Å². The minimum Gasteiger partial charge on any atom is -0.293 e. The van der Waals surface area contributed by atoms with Gasteiger partial charge < -0.3 is 0 Å². The van der Waals surface area contributed by atoms with Gasteiger partial charge in [0.25, 0.3) is 5.56 Å². The molecule has 0 fully saturated rings. The molecule has 24 heavy (non-hydrogen) atoms. The van der Waals surface area contributed by atoms with Gasteiger partial charge in [-0.25, -0.2) is 4.98 Å². The van der Waals surface area contributed by atoms with E-state index < -0.39 is 0 Å². The molecule has 0 bridgehead atoms. The number of hydrogen-bond donors (Lipinski definition) is 0. The molecule has 0 atom stereocenters. The van der Waals surface area contributed by atoms with Gasteiger partial charge in [0, 0.05) is 28.7 Å². The Kier molecular flexibility index (Phi) is 5.13. The molecule has 4 nitrogen and oxygen atoms in total. The number of ketones is 1. The van der Waals surface area contributed by atoms with Crippen LogP contribution in [0.15, 0.2) is 76.8 Å². The van der Waals surface area contributed by atoms with E-state index in [-0.39, 0.29) is 22.1 Å². The summed E-state index contributed by atoms with van der Waals surface area (Å²) in [5.74, 6) is 0.125. The number of benzene rings is 2. The van der Waals surface area contributed by atoms with Crippen molar-refractivity contribution >= 4 is 29.1 Å². The summed E-state index contributed by atoms with van der Waals surface area (Å²) >= 11 is 7.01. The van der Waals surface area contributed by atoms with Crippen molar-refractivity contribution in [2.45, 2.75) is 5.03 Å². The quantitative estimate of drug-likeness (QED) is 0.514. The summed E-state index contributed by atoms with van der Waals surface area (Å²) in [5.41, 5.74) is 1.06. The van der Waals surface area contributed by atoms with E-state index in [2.05, 4.69) is 4.98 Å². The van der Waals surface area contributed by atoms with Crippen LogP contribution in [0.3, 0.4) is 0 Å². The van der Waals surface area contributed by atoms with Crippen molar-refractivity contribution in [3.8, 4) is 5.69 Å². The molecule has 0 N–H and O–H groups in total. The number of carbonyl (C=O) groups excluding carboxylic acids is 1. The third-order valence-electron chi connectivity index (χ3n) is 3.35. The van der Waals surface area contributed by atoms with Gasteiger partial charge in [-0.15, -0.1) is 0 Å². The number of nitrogens with zero attached hydrogens (tertiary/aromatic N) is 2. The molecule has 1 heterocycles. The van der Waals surface area contributed by atoms with Gasteiger partial charge in [-0.3, -0.25) is 14.2 Å². The predicted molar refractivity (Wildman–Crippen MR) is 96.3 cm³/mol. The van der Waals surface area contributed by atoms with E-state index in [1.807, 2.05) is 18.2 Å². The molecule has 0 unspecified atom stereocenters. The normalized spacial score (nSPS) is 10.5. The van der Waals surface area contributed by atoms with Crippen LogP contribution in [0.5, 0.6) is 0 Å². The number of halogens is 1. The molecule has 0 spiro atoms. The first-order valence-electron chi connectivity index (χ1n) is 7.20. The van der Waals surface area contributed by atoms with Gasteiger partial charge in [-0.1, -0.05) is 53.7 Å². The highest BCUT2D eigenvalue weighted by Gasteiger charge is 2.11. The van der Waals surface area contributed by atoms with Gasteiger partial charge in [0.15, 0.2) is 10.8 Å². The van der Waals surface area contributed by atoms with E-state index in [1.165, 1.54) is 4.57 Å². The average Bonchev–Trinajstić information content (AvgIpc) is 2.62. The molecule has 0 amide bonds. The van der Waals surface area contributed by atoms with Crippen LogP contribution in [0.25, 0.3) is 5.69 Å². The maximum absolute atomic E-state index is 12.5. The molecule has 6 heteroatoms. The van der Waals surface area contributed by atoms with Gasteiger partial charge in [0.2, 0.25) is 0 Å². The summed E-state index contributed by atoms with van der Waals surface area (Å²) in [6, 6.07) is 15.9. The first-order valence-corrected chi connectivity index (χ1v) is 8.56. The van der Waals surface area contributed by atoms with Gasteiger partial charge in [-0.2, -0.15) is 0 Å². The van der Waals surface area contributed by atoms with Crippen molar-refractivity contribution in [3.63, 3.8) is 0 Å². The fraction of sp³-hybridized carbons (Fsp3) is 0.0556. The summed E-state index contributed by atoms with van der Waals surface area (Å²) in [5, 5.41) is 0.889. The third kappa shape index (κ3) is 3.75. The molecular formula is C18H13ClN2O2S. The van der Waals surface area contributed by atoms with Crippen LogP contribution < -0.4 is 5.56 Å². The fourth-order valence-electron chi connectivity index (χ4n) is 2.14. The van der Waals surface area contributed by atoms with Gasteiger partial charge in [-0.05, 0) is 24.3 Å². The highest BCUT2D eigenvalue weighted by Crippen LogP contribution is 2.15. The number of Topliss-reactive ketones (excluding diaryl/α,β-unsaturated/α-hetero) is 1. The minimum absolute atomic E-state index is 0.0382. The predicted octanol–water partition coefficient (Wildman–Crippen LogP) is 3.86. The first kappa shape index (κ1) is 16.5. The van der Waals surface area contributed by atoms with Crippen LogP contribution in [0, 0.1) is 0 Å². The molecular weight excluding hydrogens is 344 g/mol. The lowest BCUT2D eigenvalue weighted by Crippen LogP contribution is -2.21. The Morgan fingerprint density at radius 1 is 1.08 bits per heavy atom. The molecule has 0 saturated carbocycles. The van der Waals surface area contributed by atoms with Gasteiger partial charge in [0.05, 0.1) is 5.75 Å². The molecule has 0 aliphatic rings. The van der Waals surface area contributed by atoms with Gasteiger partial charge in [0.1, 0.15) is 0 Å². The highest BCUT2D eigenvalue weighted by atomic mass is 35.5. The molecule has 0 aliphatic heterocycles. The van der Waals surface area contributed by atoms with Crippen LogP contribution in [0.2, 0.25) is 5.02 Å². The first-order chi connectivity index (χ1) is 11.6. The molecule has 0 radical (unpaired) electrons. The average molecular weight is 357 g/mol. The van der Waals surface area contributed by atoms with Crippen LogP contribution in [-0.4, -0.2) is 21.1 Å². The summed E-state index contributed by atoms with van der Waals surface area (Å²) in [6.07, 6.45) is 3.14. The smallest absolute Gasteiger partial charge is 0.287 e. The highest BCUT2D eigenvalue weighted by molar-refractivity contribution is 7.99. The molecule has 120 valence electrons. The zero-order valence-corrected chi connectivity index (χ0v) is 14.1. The largest absolute Gasteiger partial charge is 0.293 e. The van der Waals surface area contributed by atoms with Crippen molar-refractivity contribution in [1.82, 2.24) is 9.55 Å². The van der Waals surface area contributed by atoms with E-state index in [0.717, 1.165) is 11.8 Å². The topological polar surface area (TPSA) is 52.0 Å². The Morgan fingerprint density at radius 3 is 2.50 bits per heavy atom. The van der Waals surface area contributed by atoms with Crippen LogP contribution in [-0.2, 0) is 0 Å². The van der Waals surface area contributed by atoms with Crippen molar-refractivity contribution in [2.24, 2.45) is 0 Å². The van der Waals surface area contributed by atoms with Crippen molar-refractivity contribution in [1.29, 1.82) is 0 Å². The Balaban J connectivity index is 1.80. The number of hydrogen-bond acceptors (Lipinski definition) is 4. The van der Waals surface area contributed by atoms with Crippen LogP contribution >= 0.6 is 23.4 Å². The SMILES string of the molecule is O=C(CSc1nccn(-c2ccc(Cl)cc2)c1=O)c1ccccc1. The summed E-state index contributed by atoms with van der Waals surface area (Å²) in [4.78, 5) is 28.8. The third-order valence-corrected chi connectivity index (χ3v) is 4.56. The second kappa shape index (κ2) is 7.47. The number of thioether (sulfide) groups is 1. The Hall–Kier alpha value is -2.37. The maximum Gasteiger partial charge on any atom is 0.287 e. The number of rotatable bonds is 5. The lowest BCUT2D eigenvalue weighted by atomic mass is 10.2. The number of aromatic nitrogens is 2. The number of carbonyl (C=O) groups is 1. The summed E-state index contributed by atoms with van der Waals surface area (Å²) < 4.78 is 1.48.